The Morgan fingerprint density at radius 1 is 1.67 bits per heavy atom. The van der Waals surface area contributed by atoms with Gasteiger partial charge in [-0.1, -0.05) is 18.6 Å². The fourth-order valence-corrected chi connectivity index (χ4v) is 0.732. The Hall–Kier alpha value is -0.300. The predicted octanol–water partition coefficient (Wildman–Crippen LogP) is 1.97. The van der Waals surface area contributed by atoms with Gasteiger partial charge in [0.1, 0.15) is 0 Å². The number of hydrogen-bond acceptors (Lipinski definition) is 1. The molecular weight excluding hydrogens is 112 g/mol. The summed E-state index contributed by atoms with van der Waals surface area (Å²) in [7, 11) is 0. The van der Waals surface area contributed by atoms with Gasteiger partial charge in [-0.15, -0.1) is 0 Å². The van der Waals surface area contributed by atoms with E-state index in [-0.39, 0.29) is 0 Å². The maximum absolute atomic E-state index is 8.65. The van der Waals surface area contributed by atoms with E-state index in [1.807, 2.05) is 13.8 Å². The third-order valence-corrected chi connectivity index (χ3v) is 1.47. The quantitative estimate of drug-likeness (QED) is 0.576. The number of rotatable bonds is 3. The van der Waals surface area contributed by atoms with E-state index in [1.54, 1.807) is 0 Å². The van der Waals surface area contributed by atoms with Crippen molar-refractivity contribution in [3.05, 3.63) is 11.6 Å². The molecule has 0 radical (unpaired) electrons. The largest absolute Gasteiger partial charge is 0.396 e. The van der Waals surface area contributed by atoms with Gasteiger partial charge in [0.15, 0.2) is 0 Å². The maximum atomic E-state index is 8.65. The van der Waals surface area contributed by atoms with E-state index in [0.717, 1.165) is 6.42 Å². The summed E-state index contributed by atoms with van der Waals surface area (Å²) in [6.45, 7) is 6.46. The van der Waals surface area contributed by atoms with Gasteiger partial charge in [0.25, 0.3) is 0 Å². The molecule has 0 rings (SSSR count). The second kappa shape index (κ2) is 4.57. The molecule has 0 saturated carbocycles. The molecule has 0 saturated heterocycles. The number of allylic oxidation sites excluding steroid dienone is 2. The number of hydrogen-bond donors (Lipinski definition) is 1. The molecule has 0 bridgehead atoms. The summed E-state index contributed by atoms with van der Waals surface area (Å²) in [5, 5.41) is 8.65. The summed E-state index contributed by atoms with van der Waals surface area (Å²) in [6, 6.07) is 0. The standard InChI is InChI=1S/C8H16O/c1-4-7(2)5-8(3)6-9/h4,8-9H,5-6H2,1-3H3/b7-4+/t8-/m1/s1. The Kier molecular flexibility index (Phi) is 4.41. The lowest BCUT2D eigenvalue weighted by Crippen LogP contribution is -2.00. The Morgan fingerprint density at radius 2 is 2.22 bits per heavy atom. The Labute approximate surface area is 57.4 Å². The van der Waals surface area contributed by atoms with Crippen LogP contribution in [0.1, 0.15) is 27.2 Å². The molecule has 0 aliphatic rings. The van der Waals surface area contributed by atoms with Crippen LogP contribution in [0.15, 0.2) is 11.6 Å². The summed E-state index contributed by atoms with van der Waals surface area (Å²) in [6.07, 6.45) is 3.11. The summed E-state index contributed by atoms with van der Waals surface area (Å²) in [4.78, 5) is 0. The molecular formula is C8H16O. The fourth-order valence-electron chi connectivity index (χ4n) is 0.732. The first-order valence-corrected chi connectivity index (χ1v) is 3.43. The topological polar surface area (TPSA) is 20.2 Å². The summed E-state index contributed by atoms with van der Waals surface area (Å²) < 4.78 is 0. The molecule has 0 aliphatic heterocycles. The monoisotopic (exact) mass is 128 g/mol. The smallest absolute Gasteiger partial charge is 0.0459 e. The van der Waals surface area contributed by atoms with Gasteiger partial charge < -0.3 is 5.11 Å². The second-order valence-corrected chi connectivity index (χ2v) is 2.63. The fraction of sp³-hybridized carbons (Fsp3) is 0.750. The minimum absolute atomic E-state index is 0.297. The molecule has 0 amide bonds. The molecule has 1 heteroatoms. The average molecular weight is 128 g/mol. The van der Waals surface area contributed by atoms with Crippen LogP contribution in [-0.4, -0.2) is 11.7 Å². The molecule has 0 fully saturated rings. The van der Waals surface area contributed by atoms with Crippen molar-refractivity contribution >= 4 is 0 Å². The van der Waals surface area contributed by atoms with Crippen LogP contribution >= 0.6 is 0 Å². The highest BCUT2D eigenvalue weighted by Gasteiger charge is 1.98. The van der Waals surface area contributed by atoms with Gasteiger partial charge in [0, 0.05) is 6.61 Å². The highest BCUT2D eigenvalue weighted by atomic mass is 16.3. The third-order valence-electron chi connectivity index (χ3n) is 1.47. The molecule has 0 aromatic heterocycles. The summed E-state index contributed by atoms with van der Waals surface area (Å²) in [5.41, 5.74) is 1.36. The second-order valence-electron chi connectivity index (χ2n) is 2.63. The van der Waals surface area contributed by atoms with Crippen LogP contribution in [0.4, 0.5) is 0 Å². The molecule has 1 atom stereocenters. The van der Waals surface area contributed by atoms with E-state index >= 15 is 0 Å². The van der Waals surface area contributed by atoms with E-state index < -0.39 is 0 Å². The molecule has 1 nitrogen and oxygen atoms in total. The third kappa shape index (κ3) is 4.22. The van der Waals surface area contributed by atoms with Gasteiger partial charge in [0.2, 0.25) is 0 Å². The minimum atomic E-state index is 0.297. The lowest BCUT2D eigenvalue weighted by Gasteiger charge is -2.05. The molecule has 0 unspecified atom stereocenters. The lowest BCUT2D eigenvalue weighted by atomic mass is 10.0. The van der Waals surface area contributed by atoms with Crippen molar-refractivity contribution in [2.24, 2.45) is 5.92 Å². The van der Waals surface area contributed by atoms with Crippen LogP contribution < -0.4 is 0 Å². The predicted molar refractivity (Wildman–Crippen MR) is 40.3 cm³/mol. The lowest BCUT2D eigenvalue weighted by molar-refractivity contribution is 0.237. The molecule has 0 heterocycles. The normalized spacial score (nSPS) is 15.8. The van der Waals surface area contributed by atoms with Crippen molar-refractivity contribution in [2.75, 3.05) is 6.61 Å². The Bertz CT molecular complexity index is 94.7. The van der Waals surface area contributed by atoms with Crippen LogP contribution in [-0.2, 0) is 0 Å². The van der Waals surface area contributed by atoms with Crippen molar-refractivity contribution in [1.29, 1.82) is 0 Å². The SMILES string of the molecule is C/C=C(\C)C[C@@H](C)CO. The zero-order chi connectivity index (χ0) is 7.28. The van der Waals surface area contributed by atoms with E-state index in [2.05, 4.69) is 13.0 Å². The Morgan fingerprint density at radius 3 is 2.56 bits per heavy atom. The molecule has 0 aromatic carbocycles. The highest BCUT2D eigenvalue weighted by molar-refractivity contribution is 4.96. The first-order valence-electron chi connectivity index (χ1n) is 3.43. The van der Waals surface area contributed by atoms with Crippen molar-refractivity contribution in [3.63, 3.8) is 0 Å². The van der Waals surface area contributed by atoms with Crippen molar-refractivity contribution in [2.45, 2.75) is 27.2 Å². The highest BCUT2D eigenvalue weighted by Crippen LogP contribution is 2.08. The molecule has 0 aromatic rings. The molecule has 1 N–H and O–H groups in total. The van der Waals surface area contributed by atoms with Gasteiger partial charge in [-0.05, 0) is 26.2 Å². The first-order chi connectivity index (χ1) is 4.20. The Balaban J connectivity index is 3.47. The van der Waals surface area contributed by atoms with E-state index in [1.165, 1.54) is 5.57 Å². The number of aliphatic hydroxyl groups is 1. The molecule has 54 valence electrons. The summed E-state index contributed by atoms with van der Waals surface area (Å²) in [5.74, 6) is 0.418. The molecule has 0 spiro atoms. The van der Waals surface area contributed by atoms with Gasteiger partial charge in [-0.25, -0.2) is 0 Å². The first kappa shape index (κ1) is 8.70. The van der Waals surface area contributed by atoms with E-state index in [4.69, 9.17) is 5.11 Å². The van der Waals surface area contributed by atoms with Crippen molar-refractivity contribution in [3.8, 4) is 0 Å². The zero-order valence-corrected chi connectivity index (χ0v) is 6.52. The summed E-state index contributed by atoms with van der Waals surface area (Å²) >= 11 is 0. The van der Waals surface area contributed by atoms with Gasteiger partial charge in [-0.3, -0.25) is 0 Å². The van der Waals surface area contributed by atoms with Gasteiger partial charge >= 0.3 is 0 Å². The average Bonchev–Trinajstić information content (AvgIpc) is 1.87. The van der Waals surface area contributed by atoms with Crippen LogP contribution in [0.25, 0.3) is 0 Å². The van der Waals surface area contributed by atoms with Crippen LogP contribution in [0.2, 0.25) is 0 Å². The minimum Gasteiger partial charge on any atom is -0.396 e. The van der Waals surface area contributed by atoms with Crippen molar-refractivity contribution in [1.82, 2.24) is 0 Å². The van der Waals surface area contributed by atoms with Gasteiger partial charge in [-0.2, -0.15) is 0 Å². The number of aliphatic hydroxyl groups excluding tert-OH is 1. The van der Waals surface area contributed by atoms with E-state index in [9.17, 15) is 0 Å². The van der Waals surface area contributed by atoms with Crippen LogP contribution in [0.5, 0.6) is 0 Å². The molecule has 0 aliphatic carbocycles. The van der Waals surface area contributed by atoms with Gasteiger partial charge in [0.05, 0.1) is 0 Å². The maximum Gasteiger partial charge on any atom is 0.0459 e. The zero-order valence-electron chi connectivity index (χ0n) is 6.52. The van der Waals surface area contributed by atoms with Crippen molar-refractivity contribution < 1.29 is 5.11 Å². The molecule has 9 heavy (non-hydrogen) atoms. The van der Waals surface area contributed by atoms with Crippen LogP contribution in [0.3, 0.4) is 0 Å². The van der Waals surface area contributed by atoms with E-state index in [0.29, 0.717) is 12.5 Å². The van der Waals surface area contributed by atoms with Crippen LogP contribution in [0, 0.1) is 5.92 Å².